The molecule has 3 heteroatoms. The molecule has 2 rings (SSSR count). The number of pyridine rings is 2. The van der Waals surface area contributed by atoms with Crippen molar-refractivity contribution in [1.82, 2.24) is 9.97 Å². The van der Waals surface area contributed by atoms with Gasteiger partial charge in [0.15, 0.2) is 0 Å². The number of halogens is 1. The minimum absolute atomic E-state index is 0.291. The smallest absolute Gasteiger partial charge is 0.141 e. The van der Waals surface area contributed by atoms with Gasteiger partial charge >= 0.3 is 0 Å². The van der Waals surface area contributed by atoms with E-state index in [0.717, 1.165) is 23.5 Å². The zero-order valence-corrected chi connectivity index (χ0v) is 13.2. The maximum atomic E-state index is 12.5. The second kappa shape index (κ2) is 9.01. The van der Waals surface area contributed by atoms with Gasteiger partial charge in [-0.2, -0.15) is 0 Å². The third-order valence-corrected chi connectivity index (χ3v) is 3.02. The fourth-order valence-corrected chi connectivity index (χ4v) is 1.56. The largest absolute Gasteiger partial charge is 0.258 e. The van der Waals surface area contributed by atoms with E-state index in [2.05, 4.69) is 29.9 Å². The van der Waals surface area contributed by atoms with E-state index in [9.17, 15) is 4.39 Å². The summed E-state index contributed by atoms with van der Waals surface area (Å²) in [6.45, 7) is 8.26. The van der Waals surface area contributed by atoms with Gasteiger partial charge in [-0.25, -0.2) is 4.39 Å². The first-order chi connectivity index (χ1) is 10.0. The van der Waals surface area contributed by atoms with Crippen LogP contribution in [0.3, 0.4) is 0 Å². The highest BCUT2D eigenvalue weighted by Crippen LogP contribution is 2.06. The van der Waals surface area contributed by atoms with Crippen molar-refractivity contribution in [3.8, 4) is 0 Å². The van der Waals surface area contributed by atoms with Crippen LogP contribution >= 0.6 is 0 Å². The van der Waals surface area contributed by atoms with Crippen molar-refractivity contribution in [2.24, 2.45) is 5.92 Å². The number of rotatable bonds is 3. The molecule has 0 aromatic carbocycles. The first-order valence-corrected chi connectivity index (χ1v) is 7.21. The van der Waals surface area contributed by atoms with Crippen molar-refractivity contribution in [3.63, 3.8) is 0 Å². The number of aromatic nitrogens is 2. The van der Waals surface area contributed by atoms with Gasteiger partial charge in [-0.1, -0.05) is 32.4 Å². The van der Waals surface area contributed by atoms with Gasteiger partial charge in [-0.05, 0) is 50.1 Å². The molecule has 0 saturated heterocycles. The van der Waals surface area contributed by atoms with Gasteiger partial charge in [0.2, 0.25) is 0 Å². The lowest BCUT2D eigenvalue weighted by atomic mass is 10.1. The molecule has 0 spiro atoms. The van der Waals surface area contributed by atoms with Crippen molar-refractivity contribution >= 4 is 6.08 Å². The van der Waals surface area contributed by atoms with Crippen LogP contribution in [-0.2, 0) is 0 Å². The average molecular weight is 286 g/mol. The maximum absolute atomic E-state index is 12.5. The maximum Gasteiger partial charge on any atom is 0.141 e. The Morgan fingerprint density at radius 2 is 1.81 bits per heavy atom. The van der Waals surface area contributed by atoms with Gasteiger partial charge < -0.3 is 0 Å². The Bertz CT molecular complexity index is 544. The van der Waals surface area contributed by atoms with E-state index in [0.29, 0.717) is 5.92 Å². The molecule has 0 aliphatic carbocycles. The summed E-state index contributed by atoms with van der Waals surface area (Å²) in [5.41, 5.74) is 2.98. The monoisotopic (exact) mass is 286 g/mol. The van der Waals surface area contributed by atoms with Crippen LogP contribution in [0.2, 0.25) is 0 Å². The van der Waals surface area contributed by atoms with Crippen LogP contribution in [0.1, 0.15) is 37.4 Å². The van der Waals surface area contributed by atoms with Crippen molar-refractivity contribution < 1.29 is 4.39 Å². The number of aryl methyl sites for hydroxylation is 2. The highest BCUT2D eigenvalue weighted by atomic mass is 19.1. The van der Waals surface area contributed by atoms with E-state index >= 15 is 0 Å². The molecule has 0 aliphatic heterocycles. The summed E-state index contributed by atoms with van der Waals surface area (Å²) in [4.78, 5) is 8.10. The van der Waals surface area contributed by atoms with Crippen LogP contribution in [-0.4, -0.2) is 9.97 Å². The molecule has 0 radical (unpaired) electrons. The Hall–Kier alpha value is -2.03. The summed E-state index contributed by atoms with van der Waals surface area (Å²) in [7, 11) is 0. The van der Waals surface area contributed by atoms with Crippen molar-refractivity contribution in [1.29, 1.82) is 0 Å². The van der Waals surface area contributed by atoms with E-state index < -0.39 is 0 Å². The predicted molar refractivity (Wildman–Crippen MR) is 86.4 cm³/mol. The minimum Gasteiger partial charge on any atom is -0.258 e. The van der Waals surface area contributed by atoms with E-state index in [1.54, 1.807) is 6.07 Å². The zero-order valence-electron chi connectivity index (χ0n) is 13.2. The Kier molecular flexibility index (Phi) is 7.30. The summed E-state index contributed by atoms with van der Waals surface area (Å²) < 4.78 is 12.5. The van der Waals surface area contributed by atoms with Gasteiger partial charge in [-0.15, -0.1) is 0 Å². The number of hydrogen-bond acceptors (Lipinski definition) is 2. The third-order valence-electron chi connectivity index (χ3n) is 3.02. The van der Waals surface area contributed by atoms with Crippen molar-refractivity contribution in [3.05, 3.63) is 65.5 Å². The molecule has 0 amide bonds. The highest BCUT2D eigenvalue weighted by Gasteiger charge is 1.93. The Morgan fingerprint density at radius 3 is 2.24 bits per heavy atom. The van der Waals surface area contributed by atoms with E-state index in [4.69, 9.17) is 0 Å². The fraction of sp³-hybridized carbons (Fsp3) is 0.333. The molecule has 2 nitrogen and oxygen atoms in total. The second-order valence-electron chi connectivity index (χ2n) is 5.07. The van der Waals surface area contributed by atoms with Gasteiger partial charge in [0, 0.05) is 11.4 Å². The Morgan fingerprint density at radius 1 is 1.14 bits per heavy atom. The van der Waals surface area contributed by atoms with Crippen LogP contribution in [0, 0.1) is 25.6 Å². The topological polar surface area (TPSA) is 25.8 Å². The SMILES string of the molecule is CCC(C)/C=C/c1ccc(F)cn1.Cc1cccc(C)n1. The van der Waals surface area contributed by atoms with Crippen molar-refractivity contribution in [2.75, 3.05) is 0 Å². The summed E-state index contributed by atoms with van der Waals surface area (Å²) in [6, 6.07) is 9.09. The van der Waals surface area contributed by atoms with Gasteiger partial charge in [0.1, 0.15) is 5.82 Å². The van der Waals surface area contributed by atoms with Crippen LogP contribution in [0.4, 0.5) is 4.39 Å². The molecule has 21 heavy (non-hydrogen) atoms. The number of allylic oxidation sites excluding steroid dienone is 1. The molecule has 2 aromatic heterocycles. The van der Waals surface area contributed by atoms with E-state index in [1.165, 1.54) is 12.3 Å². The summed E-state index contributed by atoms with van der Waals surface area (Å²) in [5, 5.41) is 0. The average Bonchev–Trinajstić information content (AvgIpc) is 2.46. The fourth-order valence-electron chi connectivity index (χ4n) is 1.56. The lowest BCUT2D eigenvalue weighted by Gasteiger charge is -1.98. The first-order valence-electron chi connectivity index (χ1n) is 7.21. The molecule has 2 aromatic rings. The molecular weight excluding hydrogens is 263 g/mol. The summed E-state index contributed by atoms with van der Waals surface area (Å²) in [5.74, 6) is 0.257. The van der Waals surface area contributed by atoms with E-state index in [-0.39, 0.29) is 5.82 Å². The Labute approximate surface area is 126 Å². The van der Waals surface area contributed by atoms with Crippen LogP contribution in [0.25, 0.3) is 6.08 Å². The van der Waals surface area contributed by atoms with Gasteiger partial charge in [0.25, 0.3) is 0 Å². The Balaban J connectivity index is 0.000000235. The molecule has 112 valence electrons. The van der Waals surface area contributed by atoms with Crippen LogP contribution in [0.5, 0.6) is 0 Å². The van der Waals surface area contributed by atoms with E-state index in [1.807, 2.05) is 38.1 Å². The highest BCUT2D eigenvalue weighted by molar-refractivity contribution is 5.44. The molecular formula is C18H23FN2. The molecule has 0 bridgehead atoms. The van der Waals surface area contributed by atoms with Crippen LogP contribution in [0.15, 0.2) is 42.6 Å². The lowest BCUT2D eigenvalue weighted by molar-refractivity contribution is 0.621. The van der Waals surface area contributed by atoms with Crippen LogP contribution < -0.4 is 0 Å². The number of nitrogens with zero attached hydrogens (tertiary/aromatic N) is 2. The van der Waals surface area contributed by atoms with Gasteiger partial charge in [-0.3, -0.25) is 9.97 Å². The van der Waals surface area contributed by atoms with Gasteiger partial charge in [0.05, 0.1) is 11.9 Å². The number of hydrogen-bond donors (Lipinski definition) is 0. The zero-order chi connectivity index (χ0) is 15.7. The minimum atomic E-state index is -0.291. The summed E-state index contributed by atoms with van der Waals surface area (Å²) >= 11 is 0. The molecule has 0 fully saturated rings. The predicted octanol–water partition coefficient (Wildman–Crippen LogP) is 4.98. The normalized spacial score (nSPS) is 11.9. The van der Waals surface area contributed by atoms with Crippen molar-refractivity contribution in [2.45, 2.75) is 34.1 Å². The first kappa shape index (κ1) is 17.0. The molecule has 1 unspecified atom stereocenters. The molecule has 1 atom stereocenters. The summed E-state index contributed by atoms with van der Waals surface area (Å²) in [6.07, 6.45) is 6.35. The standard InChI is InChI=1S/C11H14FN.C7H9N/c1-3-9(2)4-6-11-7-5-10(12)8-13-11;1-6-4-3-5-7(2)8-6/h4-9H,3H2,1-2H3;3-5H,1-2H3/b6-4+;. The molecule has 0 saturated carbocycles. The third kappa shape index (κ3) is 7.35. The molecule has 2 heterocycles. The quantitative estimate of drug-likeness (QED) is 0.795. The molecule has 0 N–H and O–H groups in total. The second-order valence-corrected chi connectivity index (χ2v) is 5.07. The molecule has 0 aliphatic rings. The lowest BCUT2D eigenvalue weighted by Crippen LogP contribution is -1.86.